The Labute approximate surface area is 78.1 Å². The van der Waals surface area contributed by atoms with Gasteiger partial charge in [-0.2, -0.15) is 0 Å². The van der Waals surface area contributed by atoms with Gasteiger partial charge in [-0.15, -0.1) is 0 Å². The van der Waals surface area contributed by atoms with Crippen LogP contribution in [0.25, 0.3) is 0 Å². The molecule has 0 bridgehead atoms. The van der Waals surface area contributed by atoms with Crippen LogP contribution in [0, 0.1) is 5.92 Å². The quantitative estimate of drug-likeness (QED) is 0.640. The van der Waals surface area contributed by atoms with Gasteiger partial charge >= 0.3 is 0 Å². The van der Waals surface area contributed by atoms with Gasteiger partial charge in [0, 0.05) is 0 Å². The van der Waals surface area contributed by atoms with E-state index in [-0.39, 0.29) is 6.54 Å². The maximum Gasteiger partial charge on any atom is 0.250 e. The van der Waals surface area contributed by atoms with Crippen LogP contribution in [0.5, 0.6) is 0 Å². The molecule has 13 heavy (non-hydrogen) atoms. The molecule has 2 N–H and O–H groups in total. The first-order valence-electron chi connectivity index (χ1n) is 4.98. The summed E-state index contributed by atoms with van der Waals surface area (Å²) in [6.45, 7) is 2.72. The molecule has 0 aromatic carbocycles. The lowest BCUT2D eigenvalue weighted by molar-refractivity contribution is 0.145. The normalized spacial score (nSPS) is 23.8. The van der Waals surface area contributed by atoms with Crippen LogP contribution in [0.3, 0.4) is 0 Å². The van der Waals surface area contributed by atoms with E-state index < -0.39 is 6.43 Å². The predicted molar refractivity (Wildman–Crippen MR) is 49.1 cm³/mol. The van der Waals surface area contributed by atoms with Crippen LogP contribution < -0.4 is 10.6 Å². The van der Waals surface area contributed by atoms with Crippen LogP contribution in [0.15, 0.2) is 0 Å². The topological polar surface area (TPSA) is 24.1 Å². The zero-order chi connectivity index (χ0) is 9.52. The highest BCUT2D eigenvalue weighted by Crippen LogP contribution is 2.12. The highest BCUT2D eigenvalue weighted by atomic mass is 19.3. The summed E-state index contributed by atoms with van der Waals surface area (Å²) in [5, 5.41) is 6.06. The van der Waals surface area contributed by atoms with Crippen molar-refractivity contribution in [1.82, 2.24) is 10.6 Å². The third kappa shape index (κ3) is 5.16. The van der Waals surface area contributed by atoms with E-state index in [1.54, 1.807) is 0 Å². The Balaban J connectivity index is 1.92. The molecule has 1 aliphatic rings. The molecule has 78 valence electrons. The van der Waals surface area contributed by atoms with E-state index in [1.165, 1.54) is 12.8 Å². The molecule has 1 rings (SSSR count). The van der Waals surface area contributed by atoms with Gasteiger partial charge in [-0.25, -0.2) is 8.78 Å². The zero-order valence-corrected chi connectivity index (χ0v) is 7.86. The molecule has 0 aromatic heterocycles. The standard InChI is InChI=1S/C9H18F2N2/c10-9(11)7-13-5-3-8-2-1-4-12-6-8/h8-9,12-13H,1-7H2. The molecule has 1 atom stereocenters. The van der Waals surface area contributed by atoms with Crippen molar-refractivity contribution < 1.29 is 8.78 Å². The van der Waals surface area contributed by atoms with Crippen molar-refractivity contribution in [3.8, 4) is 0 Å². The van der Waals surface area contributed by atoms with Gasteiger partial charge in [0.1, 0.15) is 0 Å². The second-order valence-corrected chi connectivity index (χ2v) is 3.60. The average molecular weight is 192 g/mol. The molecule has 1 aliphatic heterocycles. The van der Waals surface area contributed by atoms with Crippen LogP contribution in [-0.4, -0.2) is 32.6 Å². The number of nitrogens with one attached hydrogen (secondary N) is 2. The molecule has 0 aromatic rings. The van der Waals surface area contributed by atoms with Gasteiger partial charge in [-0.1, -0.05) is 0 Å². The molecule has 4 heteroatoms. The van der Waals surface area contributed by atoms with Crippen molar-refractivity contribution >= 4 is 0 Å². The lowest BCUT2D eigenvalue weighted by atomic mass is 9.96. The van der Waals surface area contributed by atoms with Crippen molar-refractivity contribution in [3.05, 3.63) is 0 Å². The summed E-state index contributed by atoms with van der Waals surface area (Å²) in [6, 6.07) is 0. The zero-order valence-electron chi connectivity index (χ0n) is 7.86. The van der Waals surface area contributed by atoms with E-state index in [4.69, 9.17) is 0 Å². The third-order valence-electron chi connectivity index (χ3n) is 2.43. The molecule has 0 amide bonds. The minimum absolute atomic E-state index is 0.167. The summed E-state index contributed by atoms with van der Waals surface area (Å²) in [6.07, 6.45) is 1.26. The Morgan fingerprint density at radius 3 is 2.92 bits per heavy atom. The van der Waals surface area contributed by atoms with Crippen LogP contribution in [0.4, 0.5) is 8.78 Å². The number of halogens is 2. The van der Waals surface area contributed by atoms with E-state index in [9.17, 15) is 8.78 Å². The molecule has 0 radical (unpaired) electrons. The fraction of sp³-hybridized carbons (Fsp3) is 1.00. The van der Waals surface area contributed by atoms with E-state index in [0.717, 1.165) is 26.1 Å². The molecule has 2 nitrogen and oxygen atoms in total. The maximum absolute atomic E-state index is 11.7. The van der Waals surface area contributed by atoms with Crippen molar-refractivity contribution in [2.75, 3.05) is 26.2 Å². The van der Waals surface area contributed by atoms with Crippen molar-refractivity contribution in [2.45, 2.75) is 25.7 Å². The third-order valence-corrected chi connectivity index (χ3v) is 2.43. The molecule has 1 fully saturated rings. The fourth-order valence-corrected chi connectivity index (χ4v) is 1.69. The maximum atomic E-state index is 11.7. The number of alkyl halides is 2. The second-order valence-electron chi connectivity index (χ2n) is 3.60. The Kier molecular flexibility index (Phi) is 5.23. The average Bonchev–Trinajstić information content (AvgIpc) is 2.14. The SMILES string of the molecule is FC(F)CNCCC1CCCNC1. The first kappa shape index (κ1) is 10.9. The Morgan fingerprint density at radius 1 is 1.46 bits per heavy atom. The predicted octanol–water partition coefficient (Wildman–Crippen LogP) is 1.23. The summed E-state index contributed by atoms with van der Waals surface area (Å²) in [5.41, 5.74) is 0. The lowest BCUT2D eigenvalue weighted by Gasteiger charge is -2.22. The Morgan fingerprint density at radius 2 is 2.31 bits per heavy atom. The monoisotopic (exact) mass is 192 g/mol. The number of hydrogen-bond acceptors (Lipinski definition) is 2. The molecular weight excluding hydrogens is 174 g/mol. The first-order valence-corrected chi connectivity index (χ1v) is 4.98. The molecule has 1 saturated heterocycles. The van der Waals surface area contributed by atoms with Gasteiger partial charge in [0.2, 0.25) is 0 Å². The van der Waals surface area contributed by atoms with Crippen LogP contribution >= 0.6 is 0 Å². The summed E-state index contributed by atoms with van der Waals surface area (Å²) in [4.78, 5) is 0. The molecule has 0 aliphatic carbocycles. The number of rotatable bonds is 5. The van der Waals surface area contributed by atoms with E-state index in [0.29, 0.717) is 5.92 Å². The van der Waals surface area contributed by atoms with Crippen molar-refractivity contribution in [2.24, 2.45) is 5.92 Å². The van der Waals surface area contributed by atoms with Gasteiger partial charge in [0.15, 0.2) is 0 Å². The molecule has 1 heterocycles. The molecular formula is C9H18F2N2. The Bertz CT molecular complexity index is 125. The molecule has 0 spiro atoms. The largest absolute Gasteiger partial charge is 0.316 e. The molecule has 0 saturated carbocycles. The fourth-order valence-electron chi connectivity index (χ4n) is 1.69. The number of hydrogen-bond donors (Lipinski definition) is 2. The van der Waals surface area contributed by atoms with Gasteiger partial charge in [-0.05, 0) is 44.8 Å². The molecule has 1 unspecified atom stereocenters. The van der Waals surface area contributed by atoms with Crippen LogP contribution in [-0.2, 0) is 0 Å². The van der Waals surface area contributed by atoms with E-state index in [1.807, 2.05) is 0 Å². The summed E-state index contributed by atoms with van der Waals surface area (Å²) >= 11 is 0. The van der Waals surface area contributed by atoms with E-state index in [2.05, 4.69) is 10.6 Å². The summed E-state index contributed by atoms with van der Waals surface area (Å²) < 4.78 is 23.5. The van der Waals surface area contributed by atoms with Gasteiger partial charge < -0.3 is 10.6 Å². The lowest BCUT2D eigenvalue weighted by Crippen LogP contribution is -2.32. The van der Waals surface area contributed by atoms with E-state index >= 15 is 0 Å². The smallest absolute Gasteiger partial charge is 0.250 e. The van der Waals surface area contributed by atoms with Crippen molar-refractivity contribution in [3.63, 3.8) is 0 Å². The highest BCUT2D eigenvalue weighted by molar-refractivity contribution is 4.69. The van der Waals surface area contributed by atoms with Crippen molar-refractivity contribution in [1.29, 1.82) is 0 Å². The van der Waals surface area contributed by atoms with Gasteiger partial charge in [0.25, 0.3) is 6.43 Å². The van der Waals surface area contributed by atoms with Crippen LogP contribution in [0.2, 0.25) is 0 Å². The Hall–Kier alpha value is -0.220. The highest BCUT2D eigenvalue weighted by Gasteiger charge is 2.12. The van der Waals surface area contributed by atoms with Gasteiger partial charge in [0.05, 0.1) is 6.54 Å². The summed E-state index contributed by atoms with van der Waals surface area (Å²) in [5.74, 6) is 0.680. The summed E-state index contributed by atoms with van der Waals surface area (Å²) in [7, 11) is 0. The minimum atomic E-state index is -2.22. The van der Waals surface area contributed by atoms with Crippen LogP contribution in [0.1, 0.15) is 19.3 Å². The number of piperidine rings is 1. The first-order chi connectivity index (χ1) is 6.29. The second kappa shape index (κ2) is 6.27. The minimum Gasteiger partial charge on any atom is -0.316 e. The van der Waals surface area contributed by atoms with Gasteiger partial charge in [-0.3, -0.25) is 0 Å².